The van der Waals surface area contributed by atoms with E-state index >= 15 is 0 Å². The van der Waals surface area contributed by atoms with E-state index in [1.807, 2.05) is 36.4 Å². The Bertz CT molecular complexity index is 1340. The number of hydrogen-bond donors (Lipinski definition) is 0. The molecule has 0 radical (unpaired) electrons. The van der Waals surface area contributed by atoms with Crippen LogP contribution in [0.4, 0.5) is 0 Å². The molecule has 0 unspecified atom stereocenters. The molecular formula is C29H24N2O. The Balaban J connectivity index is 1.18. The van der Waals surface area contributed by atoms with Crippen LogP contribution in [0.25, 0.3) is 32.9 Å². The van der Waals surface area contributed by atoms with Gasteiger partial charge in [0.15, 0.2) is 0 Å². The Labute approximate surface area is 188 Å². The van der Waals surface area contributed by atoms with E-state index in [4.69, 9.17) is 10.00 Å². The van der Waals surface area contributed by atoms with Crippen molar-refractivity contribution in [3.05, 3.63) is 103 Å². The zero-order chi connectivity index (χ0) is 21.8. The molecule has 0 aliphatic rings. The minimum Gasteiger partial charge on any atom is -0.494 e. The van der Waals surface area contributed by atoms with E-state index in [1.54, 1.807) is 0 Å². The average Bonchev–Trinajstić information content (AvgIpc) is 3.18. The van der Waals surface area contributed by atoms with Crippen LogP contribution in [0.15, 0.2) is 97.1 Å². The largest absolute Gasteiger partial charge is 0.494 e. The van der Waals surface area contributed by atoms with Gasteiger partial charge in [-0.25, -0.2) is 0 Å². The van der Waals surface area contributed by atoms with E-state index < -0.39 is 0 Å². The van der Waals surface area contributed by atoms with Gasteiger partial charge in [-0.3, -0.25) is 0 Å². The van der Waals surface area contributed by atoms with Crippen LogP contribution in [0.5, 0.6) is 5.75 Å². The van der Waals surface area contributed by atoms with E-state index in [0.717, 1.165) is 36.3 Å². The maximum Gasteiger partial charge on any atom is 0.119 e. The SMILES string of the molecule is N#Cc1ccc(-c2ccc(OCCCCn3c4ccccc4c4ccccc43)cc2)cc1. The summed E-state index contributed by atoms with van der Waals surface area (Å²) in [5.41, 5.74) is 5.49. The minimum atomic E-state index is 0.676. The Hall–Kier alpha value is -4.03. The predicted octanol–water partition coefficient (Wildman–Crippen LogP) is 7.19. The number of ether oxygens (including phenoxy) is 1. The fourth-order valence-electron chi connectivity index (χ4n) is 4.29. The fourth-order valence-corrected chi connectivity index (χ4v) is 4.29. The maximum atomic E-state index is 8.94. The first-order valence-corrected chi connectivity index (χ1v) is 11.0. The van der Waals surface area contributed by atoms with Crippen molar-refractivity contribution in [2.75, 3.05) is 6.61 Å². The number of nitrogens with zero attached hydrogens (tertiary/aromatic N) is 2. The van der Waals surface area contributed by atoms with Gasteiger partial charge in [0.2, 0.25) is 0 Å². The monoisotopic (exact) mass is 416 g/mol. The summed E-state index contributed by atoms with van der Waals surface area (Å²) in [6.07, 6.45) is 2.06. The number of benzene rings is 4. The molecule has 156 valence electrons. The molecule has 0 aliphatic carbocycles. The lowest BCUT2D eigenvalue weighted by molar-refractivity contribution is 0.304. The molecule has 0 aliphatic heterocycles. The summed E-state index contributed by atoms with van der Waals surface area (Å²) in [6.45, 7) is 1.68. The van der Waals surface area contributed by atoms with E-state index in [1.165, 1.54) is 21.8 Å². The average molecular weight is 417 g/mol. The van der Waals surface area contributed by atoms with Crippen molar-refractivity contribution in [1.82, 2.24) is 4.57 Å². The number of nitriles is 1. The zero-order valence-electron chi connectivity index (χ0n) is 17.9. The lowest BCUT2D eigenvalue weighted by atomic mass is 10.0. The normalized spacial score (nSPS) is 11.0. The summed E-state index contributed by atoms with van der Waals surface area (Å²) in [5.74, 6) is 0.888. The molecule has 0 bridgehead atoms. The second-order valence-corrected chi connectivity index (χ2v) is 7.96. The Kier molecular flexibility index (Phi) is 5.59. The highest BCUT2D eigenvalue weighted by atomic mass is 16.5. The molecule has 4 aromatic carbocycles. The molecule has 32 heavy (non-hydrogen) atoms. The first-order chi connectivity index (χ1) is 15.8. The van der Waals surface area contributed by atoms with Crippen molar-refractivity contribution in [2.45, 2.75) is 19.4 Å². The quantitative estimate of drug-likeness (QED) is 0.263. The second-order valence-electron chi connectivity index (χ2n) is 7.96. The van der Waals surface area contributed by atoms with Crippen LogP contribution in [0.2, 0.25) is 0 Å². The first kappa shape index (κ1) is 19.9. The Morgan fingerprint density at radius 3 is 1.81 bits per heavy atom. The van der Waals surface area contributed by atoms with E-state index in [-0.39, 0.29) is 0 Å². The van der Waals surface area contributed by atoms with Crippen LogP contribution >= 0.6 is 0 Å². The van der Waals surface area contributed by atoms with Crippen molar-refractivity contribution in [3.63, 3.8) is 0 Å². The molecule has 0 N–H and O–H groups in total. The summed E-state index contributed by atoms with van der Waals surface area (Å²) >= 11 is 0. The van der Waals surface area contributed by atoms with Gasteiger partial charge >= 0.3 is 0 Å². The number of para-hydroxylation sites is 2. The van der Waals surface area contributed by atoms with Crippen molar-refractivity contribution in [2.24, 2.45) is 0 Å². The van der Waals surface area contributed by atoms with Crippen LogP contribution in [0.3, 0.4) is 0 Å². The Morgan fingerprint density at radius 1 is 0.656 bits per heavy atom. The van der Waals surface area contributed by atoms with Crippen molar-refractivity contribution in [3.8, 4) is 22.9 Å². The molecule has 5 rings (SSSR count). The number of aromatic nitrogens is 1. The summed E-state index contributed by atoms with van der Waals surface area (Å²) in [4.78, 5) is 0. The van der Waals surface area contributed by atoms with E-state index in [9.17, 15) is 0 Å². The number of fused-ring (bicyclic) bond motifs is 3. The summed E-state index contributed by atoms with van der Waals surface area (Å²) < 4.78 is 8.40. The zero-order valence-corrected chi connectivity index (χ0v) is 17.9. The molecule has 0 saturated heterocycles. The van der Waals surface area contributed by atoms with Gasteiger partial charge in [-0.1, -0.05) is 60.7 Å². The van der Waals surface area contributed by atoms with Gasteiger partial charge in [-0.05, 0) is 60.4 Å². The van der Waals surface area contributed by atoms with Crippen molar-refractivity contribution < 1.29 is 4.74 Å². The molecule has 5 aromatic rings. The van der Waals surface area contributed by atoms with Crippen LogP contribution < -0.4 is 4.74 Å². The van der Waals surface area contributed by atoms with E-state index in [0.29, 0.717) is 12.2 Å². The highest BCUT2D eigenvalue weighted by Crippen LogP contribution is 2.29. The smallest absolute Gasteiger partial charge is 0.119 e. The first-order valence-electron chi connectivity index (χ1n) is 11.0. The Morgan fingerprint density at radius 2 is 1.22 bits per heavy atom. The third-order valence-electron chi connectivity index (χ3n) is 5.93. The molecule has 1 aromatic heterocycles. The topological polar surface area (TPSA) is 37.9 Å². The third kappa shape index (κ3) is 3.96. The highest BCUT2D eigenvalue weighted by molar-refractivity contribution is 6.07. The molecule has 0 atom stereocenters. The number of aryl methyl sites for hydroxylation is 1. The van der Waals surface area contributed by atoms with Crippen LogP contribution in [0.1, 0.15) is 18.4 Å². The van der Waals surface area contributed by atoms with Crippen LogP contribution in [-0.4, -0.2) is 11.2 Å². The number of rotatable bonds is 7. The summed E-state index contributed by atoms with van der Waals surface area (Å²) in [7, 11) is 0. The standard InChI is InChI=1S/C29H24N2O/c30-21-22-11-13-23(14-12-22)24-15-17-25(18-16-24)32-20-6-5-19-31-28-9-3-1-7-26(28)27-8-2-4-10-29(27)31/h1-4,7-18H,5-6,19-20H2. The third-order valence-corrected chi connectivity index (χ3v) is 5.93. The fraction of sp³-hybridized carbons (Fsp3) is 0.138. The highest BCUT2D eigenvalue weighted by Gasteiger charge is 2.09. The molecule has 0 saturated carbocycles. The number of unbranched alkanes of at least 4 members (excludes halogenated alkanes) is 1. The molecule has 0 fully saturated rings. The minimum absolute atomic E-state index is 0.676. The maximum absolute atomic E-state index is 8.94. The van der Waals surface area contributed by atoms with Crippen LogP contribution in [-0.2, 0) is 6.54 Å². The molecule has 0 amide bonds. The van der Waals surface area contributed by atoms with Gasteiger partial charge in [-0.15, -0.1) is 0 Å². The molecule has 3 nitrogen and oxygen atoms in total. The predicted molar refractivity (Wildman–Crippen MR) is 131 cm³/mol. The van der Waals surface area contributed by atoms with Gasteiger partial charge in [0.05, 0.1) is 18.2 Å². The second kappa shape index (κ2) is 8.99. The van der Waals surface area contributed by atoms with Crippen LogP contribution in [0, 0.1) is 11.3 Å². The van der Waals surface area contributed by atoms with Crippen molar-refractivity contribution >= 4 is 21.8 Å². The van der Waals surface area contributed by atoms with Gasteiger partial charge in [0, 0.05) is 28.4 Å². The summed E-state index contributed by atoms with van der Waals surface area (Å²) in [6, 6.07) is 35.2. The lowest BCUT2D eigenvalue weighted by Crippen LogP contribution is -2.02. The van der Waals surface area contributed by atoms with Gasteiger partial charge in [-0.2, -0.15) is 5.26 Å². The van der Waals surface area contributed by atoms with E-state index in [2.05, 4.69) is 71.3 Å². The van der Waals surface area contributed by atoms with Gasteiger partial charge in [0.1, 0.15) is 5.75 Å². The molecule has 3 heteroatoms. The lowest BCUT2D eigenvalue weighted by Gasteiger charge is -2.09. The number of hydrogen-bond acceptors (Lipinski definition) is 2. The molecular weight excluding hydrogens is 392 g/mol. The van der Waals surface area contributed by atoms with Crippen molar-refractivity contribution in [1.29, 1.82) is 5.26 Å². The molecule has 0 spiro atoms. The van der Waals surface area contributed by atoms with Gasteiger partial charge < -0.3 is 9.30 Å². The van der Waals surface area contributed by atoms with Gasteiger partial charge in [0.25, 0.3) is 0 Å². The summed E-state index contributed by atoms with van der Waals surface area (Å²) in [5, 5.41) is 11.6. The molecule has 1 heterocycles.